The Labute approximate surface area is 119 Å². The van der Waals surface area contributed by atoms with Crippen LogP contribution in [0.2, 0.25) is 0 Å². The molecule has 1 heterocycles. The summed E-state index contributed by atoms with van der Waals surface area (Å²) in [5.41, 5.74) is 1.82. The van der Waals surface area contributed by atoms with Gasteiger partial charge in [-0.1, -0.05) is 15.9 Å². The number of carboxylic acid groups (broad SMARTS) is 1. The van der Waals surface area contributed by atoms with E-state index in [9.17, 15) is 9.59 Å². The average molecular weight is 327 g/mol. The molecular formula is C13H15BrN2O3. The van der Waals surface area contributed by atoms with Crippen LogP contribution in [-0.4, -0.2) is 37.1 Å². The summed E-state index contributed by atoms with van der Waals surface area (Å²) in [5.74, 6) is -0.792. The summed E-state index contributed by atoms with van der Waals surface area (Å²) in [6, 6.07) is 5.74. The van der Waals surface area contributed by atoms with Crippen LogP contribution >= 0.6 is 15.9 Å². The van der Waals surface area contributed by atoms with Crippen LogP contribution in [0.1, 0.15) is 12.8 Å². The van der Waals surface area contributed by atoms with Crippen molar-refractivity contribution in [3.05, 3.63) is 22.7 Å². The highest BCUT2D eigenvalue weighted by Gasteiger charge is 2.26. The first-order valence-electron chi connectivity index (χ1n) is 6.02. The Morgan fingerprint density at radius 1 is 1.42 bits per heavy atom. The van der Waals surface area contributed by atoms with Crippen LogP contribution in [0, 0.1) is 0 Å². The second-order valence-corrected chi connectivity index (χ2v) is 5.42. The third-order valence-corrected chi connectivity index (χ3v) is 3.65. The lowest BCUT2D eigenvalue weighted by atomic mass is 10.1. The fraction of sp³-hybridized carbons (Fsp3) is 0.385. The van der Waals surface area contributed by atoms with Crippen LogP contribution < -0.4 is 9.80 Å². The Balaban J connectivity index is 2.21. The zero-order valence-corrected chi connectivity index (χ0v) is 12.2. The number of likely N-dealkylation sites (N-methyl/N-ethyl adjacent to an activating group) is 1. The molecule has 0 fully saturated rings. The summed E-state index contributed by atoms with van der Waals surface area (Å²) in [5, 5.41) is 8.68. The quantitative estimate of drug-likeness (QED) is 0.920. The van der Waals surface area contributed by atoms with Crippen molar-refractivity contribution >= 4 is 39.2 Å². The highest BCUT2D eigenvalue weighted by atomic mass is 79.9. The zero-order valence-electron chi connectivity index (χ0n) is 10.6. The van der Waals surface area contributed by atoms with Crippen molar-refractivity contribution in [3.8, 4) is 0 Å². The van der Waals surface area contributed by atoms with Gasteiger partial charge in [0.1, 0.15) is 0 Å². The number of hydrogen-bond acceptors (Lipinski definition) is 3. The molecule has 1 aromatic carbocycles. The van der Waals surface area contributed by atoms with E-state index in [1.807, 2.05) is 23.1 Å². The maximum atomic E-state index is 11.9. The second kappa shape index (κ2) is 5.61. The first-order chi connectivity index (χ1) is 8.99. The third kappa shape index (κ3) is 3.07. The number of carbonyl (C=O) groups is 2. The van der Waals surface area contributed by atoms with Gasteiger partial charge in [0.15, 0.2) is 0 Å². The molecule has 6 heteroatoms. The van der Waals surface area contributed by atoms with Crippen molar-refractivity contribution in [1.29, 1.82) is 0 Å². The van der Waals surface area contributed by atoms with E-state index in [1.54, 1.807) is 11.9 Å². The Morgan fingerprint density at radius 3 is 2.84 bits per heavy atom. The highest BCUT2D eigenvalue weighted by molar-refractivity contribution is 9.10. The number of anilines is 2. The van der Waals surface area contributed by atoms with Gasteiger partial charge in [-0.15, -0.1) is 0 Å². The summed E-state index contributed by atoms with van der Waals surface area (Å²) in [6.45, 7) is 0.856. The van der Waals surface area contributed by atoms with Crippen LogP contribution in [0.15, 0.2) is 22.7 Å². The van der Waals surface area contributed by atoms with Crippen LogP contribution in [0.5, 0.6) is 0 Å². The Kier molecular flexibility index (Phi) is 4.09. The molecular weight excluding hydrogens is 312 g/mol. The van der Waals surface area contributed by atoms with Crippen molar-refractivity contribution in [2.24, 2.45) is 0 Å². The van der Waals surface area contributed by atoms with Crippen molar-refractivity contribution in [3.63, 3.8) is 0 Å². The van der Waals surface area contributed by atoms with Gasteiger partial charge in [-0.05, 0) is 24.6 Å². The maximum Gasteiger partial charge on any atom is 0.303 e. The van der Waals surface area contributed by atoms with Gasteiger partial charge in [-0.25, -0.2) is 0 Å². The van der Waals surface area contributed by atoms with Gasteiger partial charge >= 0.3 is 5.97 Å². The molecule has 1 amide bonds. The number of halogens is 1. The molecule has 0 unspecified atom stereocenters. The van der Waals surface area contributed by atoms with Crippen LogP contribution in [0.25, 0.3) is 0 Å². The predicted octanol–water partition coefficient (Wildman–Crippen LogP) is 2.10. The molecule has 0 saturated heterocycles. The van der Waals surface area contributed by atoms with E-state index in [4.69, 9.17) is 5.11 Å². The van der Waals surface area contributed by atoms with Gasteiger partial charge in [0.25, 0.3) is 0 Å². The molecule has 2 rings (SSSR count). The van der Waals surface area contributed by atoms with E-state index in [1.165, 1.54) is 0 Å². The van der Waals surface area contributed by atoms with Gasteiger partial charge in [-0.3, -0.25) is 9.59 Å². The largest absolute Gasteiger partial charge is 0.481 e. The topological polar surface area (TPSA) is 60.9 Å². The van der Waals surface area contributed by atoms with E-state index in [0.29, 0.717) is 19.5 Å². The van der Waals surface area contributed by atoms with Gasteiger partial charge in [0.05, 0.1) is 17.9 Å². The second-order valence-electron chi connectivity index (χ2n) is 4.50. The molecule has 1 aliphatic rings. The number of rotatable bonds is 4. The number of fused-ring (bicyclic) bond motifs is 1. The maximum absolute atomic E-state index is 11.9. The van der Waals surface area contributed by atoms with Crippen molar-refractivity contribution < 1.29 is 14.7 Å². The van der Waals surface area contributed by atoms with E-state index < -0.39 is 5.97 Å². The van der Waals surface area contributed by atoms with Crippen LogP contribution in [0.3, 0.4) is 0 Å². The van der Waals surface area contributed by atoms with Gasteiger partial charge in [-0.2, -0.15) is 0 Å². The molecule has 19 heavy (non-hydrogen) atoms. The standard InChI is InChI=1S/C13H15BrN2O3/c1-15-10-5-4-9(14)7-11(10)16(8-12(15)17)6-2-3-13(18)19/h4-5,7H,2-3,6,8H2,1H3,(H,18,19). The number of aliphatic carboxylic acids is 1. The zero-order chi connectivity index (χ0) is 14.0. The molecule has 5 nitrogen and oxygen atoms in total. The smallest absolute Gasteiger partial charge is 0.303 e. The summed E-state index contributed by atoms with van der Waals surface area (Å²) >= 11 is 3.42. The number of amides is 1. The molecule has 102 valence electrons. The molecule has 0 radical (unpaired) electrons. The lowest BCUT2D eigenvalue weighted by Crippen LogP contribution is -2.44. The minimum atomic E-state index is -0.810. The van der Waals surface area contributed by atoms with Gasteiger partial charge in [0, 0.05) is 24.5 Å². The Hall–Kier alpha value is -1.56. The highest BCUT2D eigenvalue weighted by Crippen LogP contribution is 2.35. The molecule has 0 aromatic heterocycles. The fourth-order valence-electron chi connectivity index (χ4n) is 2.14. The van der Waals surface area contributed by atoms with E-state index >= 15 is 0 Å². The number of benzene rings is 1. The Morgan fingerprint density at radius 2 is 2.16 bits per heavy atom. The van der Waals surface area contributed by atoms with E-state index in [-0.39, 0.29) is 12.3 Å². The minimum Gasteiger partial charge on any atom is -0.481 e. The molecule has 1 aliphatic heterocycles. The molecule has 0 spiro atoms. The third-order valence-electron chi connectivity index (χ3n) is 3.16. The van der Waals surface area contributed by atoms with Crippen molar-refractivity contribution in [2.45, 2.75) is 12.8 Å². The van der Waals surface area contributed by atoms with Gasteiger partial charge in [0.2, 0.25) is 5.91 Å². The lowest BCUT2D eigenvalue weighted by Gasteiger charge is -2.35. The summed E-state index contributed by atoms with van der Waals surface area (Å²) in [4.78, 5) is 26.0. The summed E-state index contributed by atoms with van der Waals surface area (Å²) in [6.07, 6.45) is 0.641. The van der Waals surface area contributed by atoms with E-state index in [2.05, 4.69) is 15.9 Å². The summed E-state index contributed by atoms with van der Waals surface area (Å²) in [7, 11) is 1.75. The number of carboxylic acids is 1. The van der Waals surface area contributed by atoms with Crippen LogP contribution in [0.4, 0.5) is 11.4 Å². The SMILES string of the molecule is CN1C(=O)CN(CCCC(=O)O)c2cc(Br)ccc21. The number of carbonyl (C=O) groups excluding carboxylic acids is 1. The predicted molar refractivity (Wildman–Crippen MR) is 76.6 cm³/mol. The summed E-state index contributed by atoms with van der Waals surface area (Å²) < 4.78 is 0.942. The van der Waals surface area contributed by atoms with Crippen molar-refractivity contribution in [1.82, 2.24) is 0 Å². The lowest BCUT2D eigenvalue weighted by molar-refractivity contribution is -0.137. The fourth-order valence-corrected chi connectivity index (χ4v) is 2.49. The average Bonchev–Trinajstić information content (AvgIpc) is 2.35. The Bertz CT molecular complexity index is 519. The first-order valence-corrected chi connectivity index (χ1v) is 6.81. The minimum absolute atomic E-state index is 0.0187. The normalized spacial score (nSPS) is 14.5. The molecule has 0 atom stereocenters. The van der Waals surface area contributed by atoms with E-state index in [0.717, 1.165) is 15.8 Å². The molecule has 0 aliphatic carbocycles. The number of nitrogens with zero attached hydrogens (tertiary/aromatic N) is 2. The number of hydrogen-bond donors (Lipinski definition) is 1. The molecule has 1 aromatic rings. The molecule has 0 bridgehead atoms. The molecule has 1 N–H and O–H groups in total. The van der Waals surface area contributed by atoms with Crippen molar-refractivity contribution in [2.75, 3.05) is 29.9 Å². The van der Waals surface area contributed by atoms with Gasteiger partial charge < -0.3 is 14.9 Å². The first kappa shape index (κ1) is 13.9. The van der Waals surface area contributed by atoms with Crippen LogP contribution in [-0.2, 0) is 9.59 Å². The molecule has 0 saturated carbocycles. The monoisotopic (exact) mass is 326 g/mol.